The highest BCUT2D eigenvalue weighted by atomic mass is 79.9. The first-order chi connectivity index (χ1) is 65.9. The Hall–Kier alpha value is -10.7. The molecule has 12 aromatic rings. The van der Waals surface area contributed by atoms with Crippen LogP contribution in [0.1, 0.15) is 227 Å². The molecule has 4 saturated heterocycles. The fourth-order valence-electron chi connectivity index (χ4n) is 19.8. The summed E-state index contributed by atoms with van der Waals surface area (Å²) < 4.78 is 65.4. The number of rotatable bonds is 24. The second-order valence-electron chi connectivity index (χ2n) is 38.6. The van der Waals surface area contributed by atoms with E-state index in [0.29, 0.717) is 126 Å². The minimum Gasteiger partial charge on any atom is -0.399 e. The number of amides is 3. The number of aryl methyl sites for hydroxylation is 4. The maximum Gasteiger partial charge on any atom is 0.494 e. The van der Waals surface area contributed by atoms with Crippen LogP contribution in [-0.2, 0) is 56.8 Å². The van der Waals surface area contributed by atoms with Crippen molar-refractivity contribution in [2.45, 2.75) is 262 Å². The van der Waals surface area contributed by atoms with E-state index in [4.69, 9.17) is 67.6 Å². The summed E-state index contributed by atoms with van der Waals surface area (Å²) in [7, 11) is 6.45. The molecule has 4 aliphatic heterocycles. The number of carbonyl (C=O) groups excluding carboxylic acids is 3. The molecule has 0 radical (unpaired) electrons. The highest BCUT2D eigenvalue weighted by molar-refractivity contribution is 9.10. The predicted molar refractivity (Wildman–Crippen MR) is 534 cm³/mol. The number of ketones is 1. The van der Waals surface area contributed by atoms with Crippen molar-refractivity contribution in [1.82, 2.24) is 89.0 Å². The number of nitrogens with one attached hydrogen (secondary N) is 6. The van der Waals surface area contributed by atoms with E-state index in [1.165, 1.54) is 11.4 Å². The Kier molecular flexibility index (Phi) is 32.8. The van der Waals surface area contributed by atoms with Gasteiger partial charge in [0.2, 0.25) is 23.8 Å². The standard InChI is InChI=1S/C24H29N7O3.C24H31N5O3.C22H27N5O2.C18H25BrN4O3.C12H18BNO2.ClH/c1-14-10-17(6-9-25-14)18-11-19(16-4-7-24(8-5-16)21(32)28-23(33)29-24)31-20(18)12-26-22(30-31)27-15(2)13-34-3;1-16-12-19(6-9-25-16)20-13-21(18-4-7-24(8-5-18)31-10-11-32-24)29-22(20)14-26-23(28-29)27-17(2)15-30-3;1-14-10-17(8-9-23-14)19-11-20(16-4-6-18(28)7-5-16)27-21(19)12-24-22(26-27)25-15(2)13-29-3;1-12(11-24-2)21-17-20-10-16-14(19)9-15(23(16)22-17)13-3-5-18(6-4-13)25-7-8-26-18;1-9-8-10(6-7-14-9)13-15-11(2,3)12(4,5)16-13;/h6,9-12,15-16H,4-5,7-8,13H2,1-3H3,(H,27,30)(H2,28,29,32,33);6,9,12-14,17-18H,4-5,7-8,10-11,15H2,1-3H3,(H,27,28);8-12,15-16H,4-7,13H2,1-3H3,(H,25,26);9-10,12-13H,3-8,11H2,1-2H3,(H,21,22);6-8H,1-5H3;1H/t15-,16?,24?;17-;15-;12-;;/m0000../s1. The van der Waals surface area contributed by atoms with Crippen molar-refractivity contribution in [2.24, 2.45) is 0 Å². The zero-order valence-corrected chi connectivity index (χ0v) is 84.4. The Labute approximate surface area is 820 Å². The fraction of sp³-hybridized carbons (Fsp3) is 0.530. The van der Waals surface area contributed by atoms with Gasteiger partial charge in [0.1, 0.15) is 11.3 Å². The molecule has 3 amide bonds. The maximum atomic E-state index is 12.4. The van der Waals surface area contributed by atoms with Crippen LogP contribution >= 0.6 is 28.3 Å². The van der Waals surface area contributed by atoms with Gasteiger partial charge in [0.25, 0.3) is 5.91 Å². The molecule has 38 heteroatoms. The van der Waals surface area contributed by atoms with Crippen molar-refractivity contribution in [1.29, 1.82) is 0 Å². The summed E-state index contributed by atoms with van der Waals surface area (Å²) in [6, 6.07) is 25.1. The molecule has 4 saturated carbocycles. The van der Waals surface area contributed by atoms with E-state index >= 15 is 0 Å². The highest BCUT2D eigenvalue weighted by Crippen LogP contribution is 2.48. The zero-order valence-electron chi connectivity index (χ0n) is 82.0. The van der Waals surface area contributed by atoms with E-state index in [0.717, 1.165) is 177 Å². The topological polar surface area (TPSA) is 388 Å². The lowest BCUT2D eigenvalue weighted by Gasteiger charge is -2.35. The van der Waals surface area contributed by atoms with E-state index in [1.807, 2.05) is 130 Å². The second kappa shape index (κ2) is 44.4. The largest absolute Gasteiger partial charge is 0.494 e. The van der Waals surface area contributed by atoms with Crippen molar-refractivity contribution in [3.63, 3.8) is 0 Å². The monoisotopic (exact) mass is 1970 g/mol. The number of pyridine rings is 4. The lowest BCUT2D eigenvalue weighted by Crippen LogP contribution is -2.49. The van der Waals surface area contributed by atoms with Crippen molar-refractivity contribution >= 4 is 104 Å². The molecule has 20 rings (SSSR count). The Morgan fingerprint density at radius 1 is 0.428 bits per heavy atom. The average Bonchev–Trinajstić information content (AvgIpc) is 1.63. The Balaban J connectivity index is 0.000000133. The first-order valence-corrected chi connectivity index (χ1v) is 48.7. The van der Waals surface area contributed by atoms with E-state index < -0.39 is 11.6 Å². The number of Topliss-reactive ketones (excluding diaryl/α,β-unsaturated/α-hetero) is 1. The van der Waals surface area contributed by atoms with Gasteiger partial charge in [-0.05, 0) is 258 Å². The number of imide groups is 1. The van der Waals surface area contributed by atoms with Gasteiger partial charge in [0.05, 0.1) is 111 Å². The summed E-state index contributed by atoms with van der Waals surface area (Å²) in [4.78, 5) is 71.2. The molecule has 16 heterocycles. The third kappa shape index (κ3) is 23.5. The number of halogens is 2. The average molecular weight is 1980 g/mol. The highest BCUT2D eigenvalue weighted by Gasteiger charge is 2.53. The molecule has 8 aliphatic rings. The first-order valence-electron chi connectivity index (χ1n) is 47.9. The minimum atomic E-state index is -0.789. The van der Waals surface area contributed by atoms with Crippen LogP contribution in [0.15, 0.2) is 127 Å². The van der Waals surface area contributed by atoms with Crippen molar-refractivity contribution in [3.8, 4) is 33.4 Å². The molecular weight excluding hydrogens is 1840 g/mol. The van der Waals surface area contributed by atoms with Gasteiger partial charge < -0.3 is 73.8 Å². The molecule has 0 bridgehead atoms. The summed E-state index contributed by atoms with van der Waals surface area (Å²) in [6.45, 7) is 29.5. The molecule has 138 heavy (non-hydrogen) atoms. The van der Waals surface area contributed by atoms with Gasteiger partial charge in [-0.15, -0.1) is 32.8 Å². The normalized spacial score (nSPS) is 20.0. The smallest absolute Gasteiger partial charge is 0.399 e. The number of fused-ring (bicyclic) bond motifs is 4. The molecule has 12 aromatic heterocycles. The number of urea groups is 1. The van der Waals surface area contributed by atoms with Crippen LogP contribution in [0, 0.1) is 27.7 Å². The summed E-state index contributed by atoms with van der Waals surface area (Å²) >= 11 is 3.65. The van der Waals surface area contributed by atoms with Gasteiger partial charge in [-0.25, -0.2) is 42.8 Å². The number of methoxy groups -OCH3 is 4. The third-order valence-corrected chi connectivity index (χ3v) is 28.2. The number of ether oxygens (including phenoxy) is 8. The van der Waals surface area contributed by atoms with Gasteiger partial charge in [-0.1, -0.05) is 0 Å². The molecule has 4 aliphatic carbocycles. The van der Waals surface area contributed by atoms with E-state index in [-0.39, 0.29) is 78.3 Å². The molecule has 0 unspecified atom stereocenters. The molecule has 6 N–H and O–H groups in total. The number of aromatic nitrogens is 16. The lowest BCUT2D eigenvalue weighted by atomic mass is 9.75. The molecule has 736 valence electrons. The van der Waals surface area contributed by atoms with Crippen molar-refractivity contribution < 1.29 is 61.6 Å². The van der Waals surface area contributed by atoms with E-state index in [1.54, 1.807) is 34.6 Å². The number of nitrogens with zero attached hydrogens (tertiary/aromatic N) is 16. The zero-order chi connectivity index (χ0) is 96.5. The number of anilines is 4. The summed E-state index contributed by atoms with van der Waals surface area (Å²) in [5, 5.41) is 37.7. The summed E-state index contributed by atoms with van der Waals surface area (Å²) in [6.07, 6.45) is 28.3. The van der Waals surface area contributed by atoms with E-state index in [9.17, 15) is 14.4 Å². The number of hydrogen-bond acceptors (Lipinski definition) is 29. The molecule has 35 nitrogen and oxygen atoms in total. The summed E-state index contributed by atoms with van der Waals surface area (Å²) in [5.41, 5.74) is 18.6. The Bertz CT molecular complexity index is 6190. The Morgan fingerprint density at radius 3 is 1.07 bits per heavy atom. The van der Waals surface area contributed by atoms with Gasteiger partial charge >= 0.3 is 13.1 Å². The van der Waals surface area contributed by atoms with Crippen LogP contribution in [-0.4, -0.2) is 237 Å². The quantitative estimate of drug-likeness (QED) is 0.0242. The lowest BCUT2D eigenvalue weighted by molar-refractivity contribution is -0.179. The minimum absolute atomic E-state index is 0. The van der Waals surface area contributed by atoms with Crippen LogP contribution in [0.25, 0.3) is 55.4 Å². The Morgan fingerprint density at radius 2 is 0.739 bits per heavy atom. The van der Waals surface area contributed by atoms with Crippen molar-refractivity contribution in [2.75, 3.05) is 103 Å². The van der Waals surface area contributed by atoms with Crippen LogP contribution in [0.3, 0.4) is 0 Å². The molecule has 0 aromatic carbocycles. The first kappa shape index (κ1) is 102. The van der Waals surface area contributed by atoms with Crippen LogP contribution < -0.4 is 37.4 Å². The van der Waals surface area contributed by atoms with Crippen molar-refractivity contribution in [3.05, 3.63) is 172 Å². The van der Waals surface area contributed by atoms with Gasteiger partial charge in [-0.3, -0.25) is 34.8 Å². The van der Waals surface area contributed by atoms with E-state index in [2.05, 4.69) is 175 Å². The third-order valence-electron chi connectivity index (χ3n) is 27.6. The fourth-order valence-corrected chi connectivity index (χ4v) is 20.3. The van der Waals surface area contributed by atoms with Crippen LogP contribution in [0.2, 0.25) is 0 Å². The molecule has 3 spiro atoms. The number of carbonyl (C=O) groups is 3. The number of hydrogen-bond donors (Lipinski definition) is 6. The van der Waals surface area contributed by atoms with Gasteiger partial charge in [0, 0.05) is 206 Å². The second-order valence-corrected chi connectivity index (χ2v) is 39.5. The maximum absolute atomic E-state index is 12.4. The van der Waals surface area contributed by atoms with Gasteiger partial charge in [0.15, 0.2) is 11.6 Å². The predicted octanol–water partition coefficient (Wildman–Crippen LogP) is 16.0. The molecule has 8 fully saturated rings. The van der Waals surface area contributed by atoms with Crippen LogP contribution in [0.5, 0.6) is 0 Å². The van der Waals surface area contributed by atoms with Gasteiger partial charge in [-0.2, -0.15) is 0 Å². The van der Waals surface area contributed by atoms with Crippen LogP contribution in [0.4, 0.5) is 28.6 Å². The molecular formula is C100H131BBrClN22O13. The summed E-state index contributed by atoms with van der Waals surface area (Å²) in [5.74, 6) is 3.08. The SMILES string of the molecule is COC[C@H](C)Nc1ncc2c(-c3ccnc(C)c3)cc(C3CCC(=O)CC3)n2n1.COC[C@H](C)Nc1ncc2c(-c3ccnc(C)c3)cc(C3CCC4(CC3)NC(=O)NC4=O)n2n1.COC[C@H](C)Nc1ncc2c(-c3ccnc(C)c3)cc(C3CCC4(CC3)OCCO4)n2n1.COC[C@H](C)Nc1ncc2c(Br)cc(C3CCC4(CC3)OCCO4)n2n1.Cc1cc(B2OC(C)(C)C(C)(C)O2)ccn1.Cl. The molecule has 4 atom stereocenters.